The molecule has 0 saturated carbocycles. The van der Waals surface area contributed by atoms with Gasteiger partial charge in [-0.15, -0.1) is 0 Å². The molecule has 0 bridgehead atoms. The summed E-state index contributed by atoms with van der Waals surface area (Å²) < 4.78 is 0. The first kappa shape index (κ1) is 17.5. The monoisotopic (exact) mass is 378 g/mol. The number of halogens is 2. The second-order valence-electron chi connectivity index (χ2n) is 5.67. The van der Waals surface area contributed by atoms with Crippen LogP contribution in [0, 0.1) is 0 Å². The molecule has 1 aromatic carbocycles. The van der Waals surface area contributed by atoms with Crippen LogP contribution in [0.4, 0.5) is 11.4 Å². The molecule has 0 atom stereocenters. The van der Waals surface area contributed by atoms with Crippen LogP contribution in [0.25, 0.3) is 0 Å². The maximum Gasteiger partial charge on any atom is 0.257 e. The second kappa shape index (κ2) is 7.72. The number of hydrogen-bond acceptors (Lipinski definition) is 4. The van der Waals surface area contributed by atoms with Gasteiger partial charge >= 0.3 is 0 Å². The first-order chi connectivity index (χ1) is 12.0. The first-order valence-electron chi connectivity index (χ1n) is 7.72. The minimum Gasteiger partial charge on any atom is -0.367 e. The molecule has 3 rings (SSSR count). The molecule has 8 heteroatoms. The Bertz CT molecular complexity index is 772. The number of nitrogens with one attached hydrogen (secondary N) is 1. The van der Waals surface area contributed by atoms with E-state index < -0.39 is 0 Å². The van der Waals surface area contributed by atoms with Crippen LogP contribution in [-0.2, 0) is 4.79 Å². The molecule has 2 amide bonds. The summed E-state index contributed by atoms with van der Waals surface area (Å²) in [5.74, 6) is -0.292. The Balaban J connectivity index is 1.72. The van der Waals surface area contributed by atoms with Gasteiger partial charge in [0.2, 0.25) is 6.41 Å². The van der Waals surface area contributed by atoms with Crippen LogP contribution < -0.4 is 10.2 Å². The number of anilines is 2. The molecule has 1 N–H and O–H groups in total. The highest BCUT2D eigenvalue weighted by Gasteiger charge is 2.17. The zero-order valence-corrected chi connectivity index (χ0v) is 14.8. The van der Waals surface area contributed by atoms with E-state index in [2.05, 4.69) is 15.2 Å². The lowest BCUT2D eigenvalue weighted by atomic mass is 10.2. The average molecular weight is 379 g/mol. The molecule has 1 saturated heterocycles. The van der Waals surface area contributed by atoms with Gasteiger partial charge in [-0.25, -0.2) is 0 Å². The zero-order valence-electron chi connectivity index (χ0n) is 13.3. The van der Waals surface area contributed by atoms with E-state index in [1.54, 1.807) is 35.4 Å². The molecule has 1 aliphatic rings. The van der Waals surface area contributed by atoms with Gasteiger partial charge in [0.25, 0.3) is 5.91 Å². The third kappa shape index (κ3) is 4.41. The number of nitrogens with zero attached hydrogens (tertiary/aromatic N) is 3. The second-order valence-corrected chi connectivity index (χ2v) is 6.55. The molecule has 6 nitrogen and oxygen atoms in total. The molecule has 2 heterocycles. The number of benzene rings is 1. The molecule has 0 aliphatic carbocycles. The summed E-state index contributed by atoms with van der Waals surface area (Å²) in [5.41, 5.74) is 1.81. The molecule has 0 radical (unpaired) electrons. The topological polar surface area (TPSA) is 65.5 Å². The van der Waals surface area contributed by atoms with Crippen molar-refractivity contribution in [3.05, 3.63) is 52.3 Å². The predicted octanol–water partition coefficient (Wildman–Crippen LogP) is 2.92. The van der Waals surface area contributed by atoms with Crippen LogP contribution in [0.2, 0.25) is 10.0 Å². The van der Waals surface area contributed by atoms with Crippen molar-refractivity contribution in [3.63, 3.8) is 0 Å². The van der Waals surface area contributed by atoms with Gasteiger partial charge in [0.1, 0.15) is 0 Å². The first-order valence-corrected chi connectivity index (χ1v) is 8.47. The highest BCUT2D eigenvalue weighted by atomic mass is 35.5. The van der Waals surface area contributed by atoms with Crippen LogP contribution in [0.15, 0.2) is 36.7 Å². The maximum absolute atomic E-state index is 12.5. The molecule has 0 spiro atoms. The molecule has 130 valence electrons. The number of amides is 2. The number of hydrogen-bond donors (Lipinski definition) is 1. The van der Waals surface area contributed by atoms with E-state index in [-0.39, 0.29) is 5.91 Å². The lowest BCUT2D eigenvalue weighted by molar-refractivity contribution is -0.118. The van der Waals surface area contributed by atoms with Gasteiger partial charge in [-0.05, 0) is 24.3 Å². The summed E-state index contributed by atoms with van der Waals surface area (Å²) in [4.78, 5) is 31.2. The SMILES string of the molecule is O=CN1CCN(c2cncc(C(=O)Nc3cc(Cl)cc(Cl)c3)c2)CC1. The molecule has 2 aromatic rings. The standard InChI is InChI=1S/C17H16Cl2N4O2/c18-13-6-14(19)8-15(7-13)21-17(25)12-5-16(10-20-9-12)23-3-1-22(11-24)2-4-23/h5-11H,1-4H2,(H,21,25). The number of rotatable bonds is 4. The van der Waals surface area contributed by atoms with E-state index in [4.69, 9.17) is 23.2 Å². The fourth-order valence-corrected chi connectivity index (χ4v) is 3.17. The van der Waals surface area contributed by atoms with Crippen LogP contribution >= 0.6 is 23.2 Å². The zero-order chi connectivity index (χ0) is 17.8. The predicted molar refractivity (Wildman–Crippen MR) is 98.5 cm³/mol. The largest absolute Gasteiger partial charge is 0.367 e. The lowest BCUT2D eigenvalue weighted by Gasteiger charge is -2.34. The quantitative estimate of drug-likeness (QED) is 0.830. The number of carbonyl (C=O) groups is 2. The number of aromatic nitrogens is 1. The Kier molecular flexibility index (Phi) is 5.40. The number of pyridine rings is 1. The van der Waals surface area contributed by atoms with Gasteiger partial charge in [-0.2, -0.15) is 0 Å². The van der Waals surface area contributed by atoms with Gasteiger partial charge in [0.15, 0.2) is 0 Å². The normalized spacial score (nSPS) is 14.3. The van der Waals surface area contributed by atoms with Crippen LogP contribution in [0.1, 0.15) is 10.4 Å². The molecule has 0 unspecified atom stereocenters. The Hall–Kier alpha value is -2.31. The van der Waals surface area contributed by atoms with Crippen molar-refractivity contribution in [1.29, 1.82) is 0 Å². The number of piperazine rings is 1. The van der Waals surface area contributed by atoms with E-state index >= 15 is 0 Å². The molecule has 1 fully saturated rings. The summed E-state index contributed by atoms with van der Waals surface area (Å²) in [6.07, 6.45) is 4.08. The fraction of sp³-hybridized carbons (Fsp3) is 0.235. The third-order valence-corrected chi connectivity index (χ3v) is 4.37. The Morgan fingerprint density at radius 2 is 1.72 bits per heavy atom. The summed E-state index contributed by atoms with van der Waals surface area (Å²) in [5, 5.41) is 3.66. The summed E-state index contributed by atoms with van der Waals surface area (Å²) in [7, 11) is 0. The van der Waals surface area contributed by atoms with E-state index in [1.807, 2.05) is 0 Å². The van der Waals surface area contributed by atoms with Crippen molar-refractivity contribution in [2.45, 2.75) is 0 Å². The van der Waals surface area contributed by atoms with Gasteiger partial charge in [-0.1, -0.05) is 23.2 Å². The third-order valence-electron chi connectivity index (χ3n) is 3.93. The Morgan fingerprint density at radius 3 is 2.36 bits per heavy atom. The van der Waals surface area contributed by atoms with Crippen molar-refractivity contribution in [3.8, 4) is 0 Å². The van der Waals surface area contributed by atoms with Crippen LogP contribution in [0.3, 0.4) is 0 Å². The molecule has 1 aromatic heterocycles. The van der Waals surface area contributed by atoms with Crippen LogP contribution in [-0.4, -0.2) is 48.4 Å². The minimum atomic E-state index is -0.292. The number of carbonyl (C=O) groups excluding carboxylic acids is 2. The van der Waals surface area contributed by atoms with E-state index in [0.29, 0.717) is 47.5 Å². The van der Waals surface area contributed by atoms with Crippen molar-refractivity contribution in [2.24, 2.45) is 0 Å². The molecular weight excluding hydrogens is 363 g/mol. The highest BCUT2D eigenvalue weighted by molar-refractivity contribution is 6.35. The molecule has 1 aliphatic heterocycles. The van der Waals surface area contributed by atoms with E-state index in [1.165, 1.54) is 6.20 Å². The summed E-state index contributed by atoms with van der Waals surface area (Å²) in [6.45, 7) is 2.71. The van der Waals surface area contributed by atoms with Gasteiger partial charge < -0.3 is 15.1 Å². The summed E-state index contributed by atoms with van der Waals surface area (Å²) >= 11 is 11.9. The average Bonchev–Trinajstić information content (AvgIpc) is 2.61. The van der Waals surface area contributed by atoms with Gasteiger partial charge in [-0.3, -0.25) is 14.6 Å². The Morgan fingerprint density at radius 1 is 1.04 bits per heavy atom. The lowest BCUT2D eigenvalue weighted by Crippen LogP contribution is -2.45. The van der Waals surface area contributed by atoms with Crippen molar-refractivity contribution in [2.75, 3.05) is 36.4 Å². The highest BCUT2D eigenvalue weighted by Crippen LogP contribution is 2.23. The van der Waals surface area contributed by atoms with Gasteiger partial charge in [0, 0.05) is 48.1 Å². The van der Waals surface area contributed by atoms with Crippen molar-refractivity contribution in [1.82, 2.24) is 9.88 Å². The molecule has 25 heavy (non-hydrogen) atoms. The van der Waals surface area contributed by atoms with Crippen molar-refractivity contribution < 1.29 is 9.59 Å². The maximum atomic E-state index is 12.5. The summed E-state index contributed by atoms with van der Waals surface area (Å²) in [6, 6.07) is 6.63. The Labute approximate surface area is 155 Å². The van der Waals surface area contributed by atoms with Gasteiger partial charge in [0.05, 0.1) is 17.4 Å². The van der Waals surface area contributed by atoms with E-state index in [9.17, 15) is 9.59 Å². The van der Waals surface area contributed by atoms with Crippen LogP contribution in [0.5, 0.6) is 0 Å². The molecular formula is C17H16Cl2N4O2. The fourth-order valence-electron chi connectivity index (χ4n) is 2.64. The van der Waals surface area contributed by atoms with E-state index in [0.717, 1.165) is 12.1 Å². The van der Waals surface area contributed by atoms with Crippen molar-refractivity contribution >= 4 is 46.9 Å². The minimum absolute atomic E-state index is 0.292. The smallest absolute Gasteiger partial charge is 0.257 e.